The van der Waals surface area contributed by atoms with E-state index in [1.165, 1.54) is 88.0 Å². The minimum atomic E-state index is 1.20. The topological polar surface area (TPSA) is 0 Å². The van der Waals surface area contributed by atoms with Crippen molar-refractivity contribution in [2.45, 2.75) is 0 Å². The van der Waals surface area contributed by atoms with Gasteiger partial charge in [-0.1, -0.05) is 182 Å². The molecule has 0 aliphatic carbocycles. The van der Waals surface area contributed by atoms with Gasteiger partial charge in [0.15, 0.2) is 0 Å². The highest BCUT2D eigenvalue weighted by Gasteiger charge is 2.20. The van der Waals surface area contributed by atoms with E-state index in [1.54, 1.807) is 0 Å². The lowest BCUT2D eigenvalue weighted by molar-refractivity contribution is 1.57. The number of rotatable bonds is 5. The van der Waals surface area contributed by atoms with Crippen LogP contribution in [0.1, 0.15) is 0 Å². The minimum Gasteiger partial charge on any atom is -0.0622 e. The van der Waals surface area contributed by atoms with Crippen molar-refractivity contribution in [3.63, 3.8) is 0 Å². The first-order valence-corrected chi connectivity index (χ1v) is 16.6. The summed E-state index contributed by atoms with van der Waals surface area (Å²) in [6.07, 6.45) is 0. The third-order valence-electron chi connectivity index (χ3n) is 9.67. The van der Waals surface area contributed by atoms with Crippen LogP contribution in [-0.2, 0) is 0 Å². The second-order valence-electron chi connectivity index (χ2n) is 12.4. The summed E-state index contributed by atoms with van der Waals surface area (Å²) in [5, 5.41) is 7.58. The van der Waals surface area contributed by atoms with Crippen LogP contribution >= 0.6 is 0 Å². The van der Waals surface area contributed by atoms with Crippen molar-refractivity contribution in [2.75, 3.05) is 0 Å². The van der Waals surface area contributed by atoms with E-state index in [9.17, 15) is 0 Å². The largest absolute Gasteiger partial charge is 0.0622 e. The van der Waals surface area contributed by atoms with E-state index in [4.69, 9.17) is 0 Å². The van der Waals surface area contributed by atoms with Gasteiger partial charge < -0.3 is 0 Å². The average molecular weight is 609 g/mol. The van der Waals surface area contributed by atoms with Crippen LogP contribution in [0.25, 0.3) is 88.0 Å². The van der Waals surface area contributed by atoms with Crippen molar-refractivity contribution < 1.29 is 0 Å². The van der Waals surface area contributed by atoms with Gasteiger partial charge in [0.25, 0.3) is 0 Å². The molecule has 0 N–H and O–H groups in total. The van der Waals surface area contributed by atoms with Crippen LogP contribution in [0.15, 0.2) is 194 Å². The van der Waals surface area contributed by atoms with Gasteiger partial charge in [-0.3, -0.25) is 0 Å². The van der Waals surface area contributed by atoms with E-state index < -0.39 is 0 Å². The van der Waals surface area contributed by atoms with Crippen LogP contribution in [0, 0.1) is 0 Å². The summed E-state index contributed by atoms with van der Waals surface area (Å²) in [5.41, 5.74) is 12.4. The smallest absolute Gasteiger partial charge is 0.00201 e. The first-order chi connectivity index (χ1) is 23.8. The molecular formula is C48H32. The second-order valence-corrected chi connectivity index (χ2v) is 12.4. The van der Waals surface area contributed by atoms with Gasteiger partial charge >= 0.3 is 0 Å². The Balaban J connectivity index is 1.33. The van der Waals surface area contributed by atoms with Crippen LogP contribution < -0.4 is 0 Å². The van der Waals surface area contributed by atoms with Gasteiger partial charge in [0.1, 0.15) is 0 Å². The van der Waals surface area contributed by atoms with Crippen molar-refractivity contribution in [3.8, 4) is 55.6 Å². The van der Waals surface area contributed by atoms with Crippen LogP contribution in [0.4, 0.5) is 0 Å². The number of benzene rings is 9. The van der Waals surface area contributed by atoms with Crippen molar-refractivity contribution >= 4 is 32.3 Å². The van der Waals surface area contributed by atoms with Gasteiger partial charge in [-0.05, 0) is 100 Å². The second kappa shape index (κ2) is 11.8. The van der Waals surface area contributed by atoms with Gasteiger partial charge in [0, 0.05) is 0 Å². The Kier molecular flexibility index (Phi) is 6.91. The maximum Gasteiger partial charge on any atom is -0.00201 e. The molecule has 0 heterocycles. The van der Waals surface area contributed by atoms with Gasteiger partial charge in [-0.15, -0.1) is 0 Å². The number of hydrogen-bond donors (Lipinski definition) is 0. The highest BCUT2D eigenvalue weighted by molar-refractivity contribution is 6.24. The quantitative estimate of drug-likeness (QED) is 0.171. The summed E-state index contributed by atoms with van der Waals surface area (Å²) >= 11 is 0. The van der Waals surface area contributed by atoms with E-state index in [0.29, 0.717) is 0 Å². The summed E-state index contributed by atoms with van der Waals surface area (Å²) < 4.78 is 0. The van der Waals surface area contributed by atoms with Crippen molar-refractivity contribution in [1.82, 2.24) is 0 Å². The molecule has 0 radical (unpaired) electrons. The molecule has 9 aromatic rings. The molecule has 0 aliphatic rings. The molecule has 0 bridgehead atoms. The van der Waals surface area contributed by atoms with E-state index in [1.807, 2.05) is 0 Å². The Labute approximate surface area is 281 Å². The Morgan fingerprint density at radius 2 is 0.646 bits per heavy atom. The number of hydrogen-bond acceptors (Lipinski definition) is 0. The molecule has 0 atom stereocenters. The summed E-state index contributed by atoms with van der Waals surface area (Å²) in [6, 6.07) is 70.7. The molecule has 0 aromatic heterocycles. The molecule has 0 aliphatic heterocycles. The van der Waals surface area contributed by atoms with Gasteiger partial charge in [-0.2, -0.15) is 0 Å². The molecule has 224 valence electrons. The fourth-order valence-corrected chi connectivity index (χ4v) is 7.46. The van der Waals surface area contributed by atoms with Crippen molar-refractivity contribution in [2.24, 2.45) is 0 Å². The maximum absolute atomic E-state index is 2.39. The molecular weight excluding hydrogens is 577 g/mol. The fraction of sp³-hybridized carbons (Fsp3) is 0. The molecule has 48 heavy (non-hydrogen) atoms. The zero-order valence-corrected chi connectivity index (χ0v) is 26.5. The summed E-state index contributed by atoms with van der Waals surface area (Å²) in [4.78, 5) is 0. The molecule has 0 amide bonds. The zero-order chi connectivity index (χ0) is 31.9. The van der Waals surface area contributed by atoms with E-state index in [-0.39, 0.29) is 0 Å². The van der Waals surface area contributed by atoms with E-state index >= 15 is 0 Å². The Bertz CT molecular complexity index is 2530. The molecule has 0 saturated heterocycles. The summed E-state index contributed by atoms with van der Waals surface area (Å²) in [7, 11) is 0. The lowest BCUT2D eigenvalue weighted by atomic mass is 9.82. The standard InChI is InChI=1S/C48H32/c1-3-15-33(16-4-1)36-21-13-22-37(31-36)38-29-30-45(46(32-38)35-17-5-2-6-18-35)48-43-26-11-9-24-41(43)47(42-25-10-12-27-44(42)48)40-28-14-20-34-19-7-8-23-39(34)40/h1-32H. The SMILES string of the molecule is c1ccc(-c2cccc(-c3ccc(-c4c5ccccc5c(-c5cccc6ccccc56)c5ccccc45)c(-c4ccccc4)c3)c2)cc1. The fourth-order valence-electron chi connectivity index (χ4n) is 7.46. The first-order valence-electron chi connectivity index (χ1n) is 16.6. The Morgan fingerprint density at radius 1 is 0.208 bits per heavy atom. The van der Waals surface area contributed by atoms with Gasteiger partial charge in [-0.25, -0.2) is 0 Å². The molecule has 0 fully saturated rings. The normalized spacial score (nSPS) is 11.3. The van der Waals surface area contributed by atoms with Crippen LogP contribution in [0.3, 0.4) is 0 Å². The molecule has 0 spiro atoms. The van der Waals surface area contributed by atoms with Gasteiger partial charge in [0.05, 0.1) is 0 Å². The van der Waals surface area contributed by atoms with Gasteiger partial charge in [0.2, 0.25) is 0 Å². The Morgan fingerprint density at radius 3 is 1.29 bits per heavy atom. The number of fused-ring (bicyclic) bond motifs is 3. The van der Waals surface area contributed by atoms with E-state index in [2.05, 4.69) is 194 Å². The third-order valence-corrected chi connectivity index (χ3v) is 9.67. The average Bonchev–Trinajstić information content (AvgIpc) is 3.17. The summed E-state index contributed by atoms with van der Waals surface area (Å²) in [5.74, 6) is 0. The molecule has 0 unspecified atom stereocenters. The van der Waals surface area contributed by atoms with Crippen LogP contribution in [-0.4, -0.2) is 0 Å². The van der Waals surface area contributed by atoms with E-state index in [0.717, 1.165) is 0 Å². The molecule has 9 aromatic carbocycles. The molecule has 0 heteroatoms. The zero-order valence-electron chi connectivity index (χ0n) is 26.5. The molecule has 0 nitrogen and oxygen atoms in total. The molecule has 0 saturated carbocycles. The monoisotopic (exact) mass is 608 g/mol. The predicted octanol–water partition coefficient (Wildman–Crippen LogP) is 13.5. The maximum atomic E-state index is 2.39. The van der Waals surface area contributed by atoms with Crippen molar-refractivity contribution in [1.29, 1.82) is 0 Å². The lowest BCUT2D eigenvalue weighted by Gasteiger charge is -2.21. The highest BCUT2D eigenvalue weighted by Crippen LogP contribution is 2.47. The third kappa shape index (κ3) is 4.78. The Hall–Kier alpha value is -6.24. The van der Waals surface area contributed by atoms with Crippen molar-refractivity contribution in [3.05, 3.63) is 194 Å². The summed E-state index contributed by atoms with van der Waals surface area (Å²) in [6.45, 7) is 0. The highest BCUT2D eigenvalue weighted by atomic mass is 14.2. The van der Waals surface area contributed by atoms with Crippen LogP contribution in [0.5, 0.6) is 0 Å². The van der Waals surface area contributed by atoms with Crippen LogP contribution in [0.2, 0.25) is 0 Å². The minimum absolute atomic E-state index is 1.20. The molecule has 9 rings (SSSR count). The predicted molar refractivity (Wildman–Crippen MR) is 206 cm³/mol. The first kappa shape index (κ1) is 28.0. The lowest BCUT2D eigenvalue weighted by Crippen LogP contribution is -1.94.